The van der Waals surface area contributed by atoms with Gasteiger partial charge in [0.2, 0.25) is 6.79 Å². The number of methoxy groups -OCH3 is 1. The third-order valence-electron chi connectivity index (χ3n) is 5.02. The first-order chi connectivity index (χ1) is 11.3. The van der Waals surface area contributed by atoms with E-state index < -0.39 is 0 Å². The minimum Gasteiger partial charge on any atom is -0.504 e. The Labute approximate surface area is 133 Å². The number of benzene rings is 2. The molecule has 2 aromatic rings. The van der Waals surface area contributed by atoms with E-state index in [9.17, 15) is 5.11 Å². The van der Waals surface area contributed by atoms with Crippen LogP contribution >= 0.6 is 0 Å². The highest BCUT2D eigenvalue weighted by Gasteiger charge is 2.37. The monoisotopic (exact) mass is 311 g/mol. The summed E-state index contributed by atoms with van der Waals surface area (Å²) in [6, 6.07) is 6.05. The highest BCUT2D eigenvalue weighted by Crippen LogP contribution is 2.55. The van der Waals surface area contributed by atoms with E-state index in [1.807, 2.05) is 6.07 Å². The first-order valence-corrected chi connectivity index (χ1v) is 7.86. The summed E-state index contributed by atoms with van der Waals surface area (Å²) in [5.74, 6) is 2.22. The molecule has 1 aliphatic carbocycles. The van der Waals surface area contributed by atoms with Crippen molar-refractivity contribution in [3.63, 3.8) is 0 Å². The van der Waals surface area contributed by atoms with Crippen molar-refractivity contribution in [1.29, 1.82) is 0 Å². The number of ether oxygens (including phenoxy) is 3. The van der Waals surface area contributed by atoms with Crippen molar-refractivity contribution in [3.05, 3.63) is 34.9 Å². The van der Waals surface area contributed by atoms with Crippen LogP contribution < -0.4 is 19.5 Å². The van der Waals surface area contributed by atoms with E-state index in [0.717, 1.165) is 47.6 Å². The minimum atomic E-state index is 0.152. The fourth-order valence-corrected chi connectivity index (χ4v) is 4.10. The van der Waals surface area contributed by atoms with Crippen LogP contribution in [0.15, 0.2) is 18.2 Å². The number of hydrogen-bond acceptors (Lipinski definition) is 5. The van der Waals surface area contributed by atoms with Gasteiger partial charge in [0.1, 0.15) is 0 Å². The molecular formula is C18H17NO4. The van der Waals surface area contributed by atoms with Crippen molar-refractivity contribution in [1.82, 2.24) is 5.32 Å². The van der Waals surface area contributed by atoms with E-state index in [1.165, 1.54) is 11.1 Å². The molecule has 2 aliphatic heterocycles. The number of phenols is 1. The van der Waals surface area contributed by atoms with Gasteiger partial charge in [-0.15, -0.1) is 0 Å². The molecule has 0 fully saturated rings. The molecule has 2 aromatic carbocycles. The van der Waals surface area contributed by atoms with Gasteiger partial charge in [0.25, 0.3) is 0 Å². The molecule has 1 atom stereocenters. The molecule has 0 saturated carbocycles. The molecule has 0 bridgehead atoms. The van der Waals surface area contributed by atoms with Gasteiger partial charge in [-0.1, -0.05) is 6.07 Å². The van der Waals surface area contributed by atoms with E-state index in [0.29, 0.717) is 5.75 Å². The second-order valence-electron chi connectivity index (χ2n) is 6.17. The second-order valence-corrected chi connectivity index (χ2v) is 6.17. The fourth-order valence-electron chi connectivity index (χ4n) is 4.10. The molecule has 5 heteroatoms. The Morgan fingerprint density at radius 3 is 3.00 bits per heavy atom. The van der Waals surface area contributed by atoms with Gasteiger partial charge in [-0.2, -0.15) is 0 Å². The maximum Gasteiger partial charge on any atom is 0.231 e. The van der Waals surface area contributed by atoms with Crippen molar-refractivity contribution in [2.24, 2.45) is 0 Å². The van der Waals surface area contributed by atoms with Crippen LogP contribution in [0, 0.1) is 0 Å². The van der Waals surface area contributed by atoms with Crippen LogP contribution in [0.25, 0.3) is 11.1 Å². The molecule has 0 spiro atoms. The molecule has 118 valence electrons. The van der Waals surface area contributed by atoms with Gasteiger partial charge in [0, 0.05) is 17.2 Å². The first kappa shape index (κ1) is 13.1. The third-order valence-corrected chi connectivity index (χ3v) is 5.02. The van der Waals surface area contributed by atoms with Gasteiger partial charge in [0.15, 0.2) is 23.0 Å². The van der Waals surface area contributed by atoms with Gasteiger partial charge in [-0.25, -0.2) is 0 Å². The molecule has 23 heavy (non-hydrogen) atoms. The van der Waals surface area contributed by atoms with Crippen molar-refractivity contribution < 1.29 is 19.3 Å². The maximum atomic E-state index is 10.2. The van der Waals surface area contributed by atoms with Gasteiger partial charge in [-0.3, -0.25) is 0 Å². The van der Waals surface area contributed by atoms with E-state index in [4.69, 9.17) is 14.2 Å². The Hall–Kier alpha value is -2.40. The second kappa shape index (κ2) is 4.55. The lowest BCUT2D eigenvalue weighted by Gasteiger charge is -2.35. The van der Waals surface area contributed by atoms with Crippen molar-refractivity contribution in [2.45, 2.75) is 18.9 Å². The predicted molar refractivity (Wildman–Crippen MR) is 84.4 cm³/mol. The van der Waals surface area contributed by atoms with Crippen LogP contribution in [-0.4, -0.2) is 25.6 Å². The fraction of sp³-hybridized carbons (Fsp3) is 0.333. The number of phenolic OH excluding ortho intramolecular Hbond substituents is 1. The van der Waals surface area contributed by atoms with Crippen molar-refractivity contribution >= 4 is 0 Å². The van der Waals surface area contributed by atoms with Crippen molar-refractivity contribution in [2.75, 3.05) is 20.4 Å². The summed E-state index contributed by atoms with van der Waals surface area (Å²) in [6.45, 7) is 1.20. The number of aromatic hydroxyl groups is 1. The smallest absolute Gasteiger partial charge is 0.231 e. The zero-order valence-corrected chi connectivity index (χ0v) is 12.8. The summed E-state index contributed by atoms with van der Waals surface area (Å²) in [5, 5.41) is 13.8. The number of hydrogen-bond donors (Lipinski definition) is 2. The molecule has 3 aliphatic rings. The Balaban J connectivity index is 1.91. The predicted octanol–water partition coefficient (Wildman–Crippen LogP) is 2.54. The molecule has 2 heterocycles. The average molecular weight is 311 g/mol. The highest BCUT2D eigenvalue weighted by molar-refractivity contribution is 5.88. The van der Waals surface area contributed by atoms with Crippen LogP contribution in [0.3, 0.4) is 0 Å². The van der Waals surface area contributed by atoms with E-state index >= 15 is 0 Å². The zero-order valence-electron chi connectivity index (χ0n) is 12.8. The summed E-state index contributed by atoms with van der Waals surface area (Å²) >= 11 is 0. The van der Waals surface area contributed by atoms with E-state index in [-0.39, 0.29) is 18.6 Å². The molecule has 2 N–H and O–H groups in total. The summed E-state index contributed by atoms with van der Waals surface area (Å²) in [4.78, 5) is 0. The molecular weight excluding hydrogens is 294 g/mol. The Bertz CT molecular complexity index is 831. The SMILES string of the molecule is COc1c(O)ccc2c1-c1c3c(cc4c1[C@H](C2)NCC4)OCO3. The van der Waals surface area contributed by atoms with E-state index in [2.05, 4.69) is 11.4 Å². The number of rotatable bonds is 1. The van der Waals surface area contributed by atoms with Gasteiger partial charge in [0.05, 0.1) is 7.11 Å². The normalized spacial score (nSPS) is 20.0. The average Bonchev–Trinajstić information content (AvgIpc) is 3.03. The molecule has 5 nitrogen and oxygen atoms in total. The lowest BCUT2D eigenvalue weighted by Crippen LogP contribution is -2.33. The number of nitrogens with one attached hydrogen (secondary N) is 1. The number of fused-ring (bicyclic) bond motifs is 4. The van der Waals surface area contributed by atoms with Gasteiger partial charge >= 0.3 is 0 Å². The summed E-state index contributed by atoms with van der Waals surface area (Å²) < 4.78 is 16.9. The van der Waals surface area contributed by atoms with Crippen LogP contribution in [0.5, 0.6) is 23.0 Å². The first-order valence-electron chi connectivity index (χ1n) is 7.86. The summed E-state index contributed by atoms with van der Waals surface area (Å²) in [6.07, 6.45) is 1.84. The van der Waals surface area contributed by atoms with Crippen LogP contribution in [0.4, 0.5) is 0 Å². The van der Waals surface area contributed by atoms with Gasteiger partial charge in [-0.05, 0) is 48.2 Å². The lowest BCUT2D eigenvalue weighted by atomic mass is 9.77. The van der Waals surface area contributed by atoms with Crippen LogP contribution in [-0.2, 0) is 12.8 Å². The third kappa shape index (κ3) is 1.65. The Kier molecular flexibility index (Phi) is 2.59. The largest absolute Gasteiger partial charge is 0.504 e. The Morgan fingerprint density at radius 2 is 2.13 bits per heavy atom. The molecule has 5 rings (SSSR count). The standard InChI is InChI=1S/C18H17NO4/c1-21-17-12(20)3-2-9-6-11-14-10(4-5-19-11)7-13-18(23-8-22-13)16(14)15(9)17/h2-3,7,11,19-20H,4-6,8H2,1H3/t11-/m0/s1. The molecule has 0 amide bonds. The minimum absolute atomic E-state index is 0.152. The summed E-state index contributed by atoms with van der Waals surface area (Å²) in [7, 11) is 1.59. The highest BCUT2D eigenvalue weighted by atomic mass is 16.7. The van der Waals surface area contributed by atoms with Crippen molar-refractivity contribution in [3.8, 4) is 34.1 Å². The molecule has 0 unspecified atom stereocenters. The lowest BCUT2D eigenvalue weighted by molar-refractivity contribution is 0.174. The Morgan fingerprint density at radius 1 is 1.22 bits per heavy atom. The molecule has 0 aromatic heterocycles. The maximum absolute atomic E-state index is 10.2. The quantitative estimate of drug-likeness (QED) is 0.847. The van der Waals surface area contributed by atoms with E-state index in [1.54, 1.807) is 13.2 Å². The molecule has 0 radical (unpaired) electrons. The van der Waals surface area contributed by atoms with Crippen LogP contribution in [0.1, 0.15) is 22.7 Å². The van der Waals surface area contributed by atoms with Crippen LogP contribution in [0.2, 0.25) is 0 Å². The topological polar surface area (TPSA) is 60.0 Å². The van der Waals surface area contributed by atoms with Gasteiger partial charge < -0.3 is 24.6 Å². The summed E-state index contributed by atoms with van der Waals surface area (Å²) in [5.41, 5.74) is 5.66. The molecule has 0 saturated heterocycles. The zero-order chi connectivity index (χ0) is 15.6.